The summed E-state index contributed by atoms with van der Waals surface area (Å²) < 4.78 is 10.8. The topological polar surface area (TPSA) is 52.0 Å². The average Bonchev–Trinajstić information content (AvgIpc) is 3.23. The minimum Gasteiger partial charge on any atom is -0.497 e. The summed E-state index contributed by atoms with van der Waals surface area (Å²) in [4.78, 5) is 14.2. The molecular weight excluding hydrogens is 352 g/mol. The third-order valence-corrected chi connectivity index (χ3v) is 5.97. The zero-order valence-electron chi connectivity index (χ0n) is 16.5. The molecule has 2 aromatic carbocycles. The van der Waals surface area contributed by atoms with E-state index in [9.17, 15) is 4.79 Å². The number of aryl methyl sites for hydroxylation is 2. The Balaban J connectivity index is 1.47. The maximum Gasteiger partial charge on any atom is 0.251 e. The van der Waals surface area contributed by atoms with Gasteiger partial charge in [-0.15, -0.1) is 0 Å². The van der Waals surface area contributed by atoms with Crippen molar-refractivity contribution in [2.75, 3.05) is 40.0 Å². The Hall–Kier alpha value is -2.37. The zero-order chi connectivity index (χ0) is 19.3. The molecule has 0 bridgehead atoms. The smallest absolute Gasteiger partial charge is 0.251 e. The molecule has 1 atom stereocenters. The van der Waals surface area contributed by atoms with Gasteiger partial charge in [0.25, 0.3) is 5.91 Å². The lowest BCUT2D eigenvalue weighted by molar-refractivity contribution is -0.937. The van der Waals surface area contributed by atoms with Gasteiger partial charge < -0.3 is 19.7 Å². The molecule has 0 aromatic heterocycles. The molecule has 1 heterocycles. The number of quaternary nitrogens is 1. The van der Waals surface area contributed by atoms with Crippen molar-refractivity contribution in [2.45, 2.75) is 25.3 Å². The minimum atomic E-state index is 0.0147. The second-order valence-corrected chi connectivity index (χ2v) is 7.64. The molecule has 148 valence electrons. The predicted octanol–water partition coefficient (Wildman–Crippen LogP) is 1.57. The van der Waals surface area contributed by atoms with Gasteiger partial charge in [-0.25, -0.2) is 0 Å². The molecule has 2 aliphatic rings. The van der Waals surface area contributed by atoms with Crippen molar-refractivity contribution in [2.24, 2.45) is 0 Å². The Labute approximate surface area is 166 Å². The second-order valence-electron chi connectivity index (χ2n) is 7.64. The molecule has 1 aliphatic heterocycles. The van der Waals surface area contributed by atoms with Crippen LogP contribution in [-0.4, -0.2) is 45.9 Å². The molecule has 0 spiro atoms. The van der Waals surface area contributed by atoms with Crippen molar-refractivity contribution in [1.82, 2.24) is 5.32 Å². The summed E-state index contributed by atoms with van der Waals surface area (Å²) in [5.74, 6) is 0.863. The van der Waals surface area contributed by atoms with Gasteiger partial charge in [-0.05, 0) is 66.8 Å². The van der Waals surface area contributed by atoms with Crippen LogP contribution in [0.1, 0.15) is 39.5 Å². The highest BCUT2D eigenvalue weighted by molar-refractivity contribution is 5.94. The van der Waals surface area contributed by atoms with Gasteiger partial charge >= 0.3 is 0 Å². The van der Waals surface area contributed by atoms with Crippen molar-refractivity contribution >= 4 is 5.91 Å². The van der Waals surface area contributed by atoms with Crippen LogP contribution >= 0.6 is 0 Å². The molecule has 0 saturated carbocycles. The normalized spacial score (nSPS) is 17.8. The molecule has 5 nitrogen and oxygen atoms in total. The highest BCUT2D eigenvalue weighted by Crippen LogP contribution is 2.23. The molecule has 1 saturated heterocycles. The van der Waals surface area contributed by atoms with Crippen LogP contribution in [0.15, 0.2) is 42.5 Å². The fourth-order valence-electron chi connectivity index (χ4n) is 4.33. The van der Waals surface area contributed by atoms with E-state index in [-0.39, 0.29) is 11.9 Å². The Morgan fingerprint density at radius 3 is 2.61 bits per heavy atom. The lowest BCUT2D eigenvalue weighted by Gasteiger charge is -2.32. The summed E-state index contributed by atoms with van der Waals surface area (Å²) >= 11 is 0. The number of morpholine rings is 1. The molecule has 0 radical (unpaired) electrons. The number of methoxy groups -OCH3 is 1. The monoisotopic (exact) mass is 381 g/mol. The lowest BCUT2D eigenvalue weighted by Crippen LogP contribution is -3.15. The maximum absolute atomic E-state index is 12.8. The fourth-order valence-corrected chi connectivity index (χ4v) is 4.33. The molecular formula is C23H29N2O3+. The summed E-state index contributed by atoms with van der Waals surface area (Å²) in [5.41, 5.74) is 4.71. The van der Waals surface area contributed by atoms with E-state index >= 15 is 0 Å². The summed E-state index contributed by atoms with van der Waals surface area (Å²) in [7, 11) is 1.68. The molecule has 1 fully saturated rings. The molecule has 2 aromatic rings. The van der Waals surface area contributed by atoms with E-state index in [1.54, 1.807) is 7.11 Å². The van der Waals surface area contributed by atoms with Crippen LogP contribution in [0.2, 0.25) is 0 Å². The Kier molecular flexibility index (Phi) is 5.93. The highest BCUT2D eigenvalue weighted by Gasteiger charge is 2.27. The second kappa shape index (κ2) is 8.76. The molecule has 28 heavy (non-hydrogen) atoms. The zero-order valence-corrected chi connectivity index (χ0v) is 16.5. The number of carbonyl (C=O) groups is 1. The number of amides is 1. The largest absolute Gasteiger partial charge is 0.497 e. The van der Waals surface area contributed by atoms with Crippen LogP contribution < -0.4 is 15.0 Å². The Morgan fingerprint density at radius 2 is 1.86 bits per heavy atom. The van der Waals surface area contributed by atoms with E-state index in [0.717, 1.165) is 50.5 Å². The van der Waals surface area contributed by atoms with Gasteiger partial charge in [0.15, 0.2) is 0 Å². The van der Waals surface area contributed by atoms with Crippen LogP contribution in [0.25, 0.3) is 0 Å². The summed E-state index contributed by atoms with van der Waals surface area (Å²) in [6.45, 7) is 4.04. The Morgan fingerprint density at radius 1 is 1.11 bits per heavy atom. The van der Waals surface area contributed by atoms with Crippen LogP contribution in [0.3, 0.4) is 0 Å². The number of rotatable bonds is 6. The molecule has 2 N–H and O–H groups in total. The summed E-state index contributed by atoms with van der Waals surface area (Å²) in [5, 5.41) is 3.18. The van der Waals surface area contributed by atoms with Gasteiger partial charge in [0.05, 0.1) is 26.9 Å². The van der Waals surface area contributed by atoms with E-state index in [2.05, 4.69) is 29.6 Å². The van der Waals surface area contributed by atoms with E-state index in [4.69, 9.17) is 9.47 Å². The number of carbonyl (C=O) groups excluding carboxylic acids is 1. The first-order chi connectivity index (χ1) is 13.7. The van der Waals surface area contributed by atoms with Crippen LogP contribution in [0.5, 0.6) is 5.75 Å². The van der Waals surface area contributed by atoms with Crippen molar-refractivity contribution in [3.05, 3.63) is 64.7 Å². The third kappa shape index (κ3) is 4.21. The number of ether oxygens (including phenoxy) is 2. The van der Waals surface area contributed by atoms with Crippen LogP contribution in [0.4, 0.5) is 0 Å². The van der Waals surface area contributed by atoms with Crippen molar-refractivity contribution in [1.29, 1.82) is 0 Å². The fraction of sp³-hybridized carbons (Fsp3) is 0.435. The van der Waals surface area contributed by atoms with E-state index in [1.807, 2.05) is 18.2 Å². The highest BCUT2D eigenvalue weighted by atomic mass is 16.5. The Bertz CT molecular complexity index is 813. The number of fused-ring (bicyclic) bond motifs is 1. The van der Waals surface area contributed by atoms with Gasteiger partial charge in [-0.2, -0.15) is 0 Å². The molecule has 4 rings (SSSR count). The summed E-state index contributed by atoms with van der Waals surface area (Å²) in [6.07, 6.45) is 3.42. The number of hydrogen-bond donors (Lipinski definition) is 2. The van der Waals surface area contributed by atoms with E-state index < -0.39 is 0 Å². The van der Waals surface area contributed by atoms with E-state index in [1.165, 1.54) is 28.0 Å². The van der Waals surface area contributed by atoms with Crippen molar-refractivity contribution in [3.8, 4) is 5.75 Å². The maximum atomic E-state index is 12.8. The molecule has 1 aliphatic carbocycles. The first-order valence-electron chi connectivity index (χ1n) is 10.2. The predicted molar refractivity (Wildman–Crippen MR) is 108 cm³/mol. The lowest BCUT2D eigenvalue weighted by atomic mass is 10.0. The van der Waals surface area contributed by atoms with Gasteiger partial charge in [-0.3, -0.25) is 4.79 Å². The van der Waals surface area contributed by atoms with Crippen LogP contribution in [-0.2, 0) is 17.6 Å². The first kappa shape index (κ1) is 19.0. The van der Waals surface area contributed by atoms with Gasteiger partial charge in [0.2, 0.25) is 0 Å². The van der Waals surface area contributed by atoms with Crippen molar-refractivity contribution in [3.63, 3.8) is 0 Å². The van der Waals surface area contributed by atoms with Crippen LogP contribution in [0, 0.1) is 0 Å². The van der Waals surface area contributed by atoms with Gasteiger partial charge in [0, 0.05) is 11.1 Å². The molecule has 0 unspecified atom stereocenters. The van der Waals surface area contributed by atoms with Gasteiger partial charge in [-0.1, -0.05) is 6.07 Å². The molecule has 1 amide bonds. The van der Waals surface area contributed by atoms with E-state index in [0.29, 0.717) is 6.54 Å². The minimum absolute atomic E-state index is 0.0147. The van der Waals surface area contributed by atoms with Gasteiger partial charge in [0.1, 0.15) is 24.9 Å². The number of nitrogens with one attached hydrogen (secondary N) is 2. The average molecular weight is 381 g/mol. The quantitative estimate of drug-likeness (QED) is 0.799. The summed E-state index contributed by atoms with van der Waals surface area (Å²) in [6, 6.07) is 14.5. The standard InChI is InChI=1S/C23H28N2O3/c1-27-21-9-7-18(8-10-21)22(25-11-13-28-14-12-25)16-24-23(26)20-6-5-17-3-2-4-19(17)15-20/h5-10,15,22H,2-4,11-14,16H2,1H3,(H,24,26)/p+1/t22-/m1/s1. The number of benzene rings is 2. The SMILES string of the molecule is COc1ccc([C@@H](CNC(=O)c2ccc3c(c2)CCC3)[NH+]2CCOCC2)cc1. The molecule has 5 heteroatoms. The van der Waals surface area contributed by atoms with Crippen molar-refractivity contribution < 1.29 is 19.2 Å². The first-order valence-corrected chi connectivity index (χ1v) is 10.2. The third-order valence-electron chi connectivity index (χ3n) is 5.97. The number of hydrogen-bond acceptors (Lipinski definition) is 3.